The predicted molar refractivity (Wildman–Crippen MR) is 66.0 cm³/mol. The molecule has 1 aromatic heterocycles. The van der Waals surface area contributed by atoms with Crippen molar-refractivity contribution in [3.63, 3.8) is 0 Å². The number of rotatable bonds is 5. The fraction of sp³-hybridized carbons (Fsp3) is 0.600. The van der Waals surface area contributed by atoms with Crippen LogP contribution < -0.4 is 28.3 Å². The Morgan fingerprint density at radius 2 is 2.16 bits per heavy atom. The van der Waals surface area contributed by atoms with Gasteiger partial charge in [-0.15, -0.1) is 11.3 Å². The summed E-state index contributed by atoms with van der Waals surface area (Å²) in [5.41, 5.74) is 0. The van der Waals surface area contributed by atoms with Crippen LogP contribution in [0, 0.1) is 0 Å². The normalized spacial score (nSPS) is 18.2. The third-order valence-corrected chi connectivity index (χ3v) is 4.12. The number of thiophene rings is 1. The first kappa shape index (κ1) is 16.8. The van der Waals surface area contributed by atoms with Gasteiger partial charge in [-0.25, -0.2) is 8.42 Å². The van der Waals surface area contributed by atoms with Crippen LogP contribution in [0.15, 0.2) is 10.8 Å². The van der Waals surface area contributed by atoms with E-state index in [2.05, 4.69) is 0 Å². The zero-order chi connectivity index (χ0) is 13.2. The van der Waals surface area contributed by atoms with Gasteiger partial charge in [0.1, 0.15) is 6.61 Å². The second-order valence-electron chi connectivity index (χ2n) is 4.08. The van der Waals surface area contributed by atoms with Crippen LogP contribution in [0.5, 0.6) is 11.5 Å². The molecule has 2 rings (SSSR count). The molecule has 0 spiro atoms. The molecule has 0 aliphatic carbocycles. The van der Waals surface area contributed by atoms with Crippen LogP contribution in [-0.2, 0) is 10.1 Å². The summed E-state index contributed by atoms with van der Waals surface area (Å²) in [7, 11) is -2.33. The van der Waals surface area contributed by atoms with Gasteiger partial charge in [0, 0.05) is 23.1 Å². The van der Waals surface area contributed by atoms with E-state index in [9.17, 15) is 13.0 Å². The van der Waals surface area contributed by atoms with Crippen molar-refractivity contribution < 1.29 is 41.3 Å². The maximum atomic E-state index is 10.5. The average molecular weight is 299 g/mol. The molecule has 0 N–H and O–H groups in total. The maximum Gasteiger partial charge on any atom is 1.00 e. The summed E-state index contributed by atoms with van der Waals surface area (Å²) in [5, 5.41) is 3.73. The van der Waals surface area contributed by atoms with E-state index in [1.807, 2.05) is 22.7 Å². The Morgan fingerprint density at radius 3 is 2.84 bits per heavy atom. The number of fused-ring (bicyclic) bond motifs is 1. The van der Waals surface area contributed by atoms with Crippen LogP contribution in [0.25, 0.3) is 0 Å². The van der Waals surface area contributed by atoms with Crippen LogP contribution in [0.1, 0.15) is 6.42 Å². The smallest absolute Gasteiger partial charge is 0.748 e. The molecule has 2 heterocycles. The quantitative estimate of drug-likeness (QED) is 0.450. The molecule has 9 heteroatoms. The summed E-state index contributed by atoms with van der Waals surface area (Å²) in [6.07, 6.45) is 0.0417. The molecule has 0 saturated heterocycles. The topological polar surface area (TPSA) is 78.9 Å². The Balaban J connectivity index is 0.00000180. The van der Waals surface area contributed by atoms with Crippen molar-refractivity contribution in [1.82, 2.24) is 4.90 Å². The van der Waals surface area contributed by atoms with E-state index in [-0.39, 0.29) is 30.8 Å². The second-order valence-corrected chi connectivity index (χ2v) is 6.35. The molecule has 0 fully saturated rings. The number of likely N-dealkylation sites (N-methyl/N-ethyl adjacent to an activating group) is 1. The molecular weight excluding hydrogens is 285 g/mol. The number of nitrogens with zero attached hydrogens (tertiary/aromatic N) is 1. The van der Waals surface area contributed by atoms with E-state index in [0.717, 1.165) is 5.75 Å². The van der Waals surface area contributed by atoms with Gasteiger partial charge in [0.15, 0.2) is 17.7 Å². The molecule has 0 bridgehead atoms. The van der Waals surface area contributed by atoms with E-state index >= 15 is 0 Å². The Labute approximate surface area is 128 Å². The molecule has 19 heavy (non-hydrogen) atoms. The van der Waals surface area contributed by atoms with Gasteiger partial charge in [0.2, 0.25) is 0 Å². The van der Waals surface area contributed by atoms with Crippen molar-refractivity contribution in [3.8, 4) is 11.5 Å². The van der Waals surface area contributed by atoms with E-state index in [0.29, 0.717) is 25.3 Å². The summed E-state index contributed by atoms with van der Waals surface area (Å²) in [5.74, 6) is 1.10. The fourth-order valence-electron chi connectivity index (χ4n) is 1.66. The Bertz CT molecular complexity index is 504. The standard InChI is InChI=1S/C10H15NO5S2.Li/c1-11(3-2-4-18(12,13)14)10-5-15-8-6-17-7-9(8)16-10;/h6-7,10H,2-5H2,1H3,(H,12,13,14);/q;+1/p-1. The third kappa shape index (κ3) is 4.98. The maximum absolute atomic E-state index is 10.5. The predicted octanol–water partition coefficient (Wildman–Crippen LogP) is -2.28. The van der Waals surface area contributed by atoms with Gasteiger partial charge in [-0.05, 0) is 13.5 Å². The molecule has 6 nitrogen and oxygen atoms in total. The molecule has 1 unspecified atom stereocenters. The zero-order valence-corrected chi connectivity index (χ0v) is 12.5. The summed E-state index contributed by atoms with van der Waals surface area (Å²) in [6.45, 7) is 0.860. The molecule has 0 aromatic carbocycles. The Hall–Kier alpha value is -0.233. The van der Waals surface area contributed by atoms with Gasteiger partial charge in [-0.1, -0.05) is 0 Å². The summed E-state index contributed by atoms with van der Waals surface area (Å²) in [4.78, 5) is 1.84. The van der Waals surface area contributed by atoms with Crippen LogP contribution in [0.4, 0.5) is 0 Å². The largest absolute Gasteiger partial charge is 1.00 e. The minimum atomic E-state index is -4.14. The number of hydrogen-bond donors (Lipinski definition) is 0. The molecule has 102 valence electrons. The first-order valence-electron chi connectivity index (χ1n) is 5.45. The molecule has 0 amide bonds. The zero-order valence-electron chi connectivity index (χ0n) is 10.9. The van der Waals surface area contributed by atoms with Gasteiger partial charge < -0.3 is 14.0 Å². The SMILES string of the molecule is CN(CCCS(=O)(=O)[O-])C1COc2cscc2O1.[Li+]. The molecule has 1 aromatic rings. The molecule has 1 aliphatic rings. The number of hydrogen-bond acceptors (Lipinski definition) is 7. The molecule has 0 saturated carbocycles. The first-order chi connectivity index (χ1) is 8.46. The van der Waals surface area contributed by atoms with Gasteiger partial charge in [0.05, 0.1) is 10.1 Å². The van der Waals surface area contributed by atoms with E-state index in [1.165, 1.54) is 11.3 Å². The van der Waals surface area contributed by atoms with Crippen LogP contribution in [0.2, 0.25) is 0 Å². The summed E-state index contributed by atoms with van der Waals surface area (Å²) < 4.78 is 42.7. The van der Waals surface area contributed by atoms with E-state index in [1.54, 1.807) is 0 Å². The van der Waals surface area contributed by atoms with Crippen LogP contribution in [-0.4, -0.2) is 50.1 Å². The average Bonchev–Trinajstić information content (AvgIpc) is 2.73. The third-order valence-electron chi connectivity index (χ3n) is 2.63. The van der Waals surface area contributed by atoms with Gasteiger partial charge in [0.25, 0.3) is 0 Å². The fourth-order valence-corrected chi connectivity index (χ4v) is 2.81. The molecule has 1 aliphatic heterocycles. The first-order valence-corrected chi connectivity index (χ1v) is 7.97. The van der Waals surface area contributed by atoms with Crippen molar-refractivity contribution in [3.05, 3.63) is 10.8 Å². The Morgan fingerprint density at radius 1 is 1.47 bits per heavy atom. The minimum Gasteiger partial charge on any atom is -0.748 e. The monoisotopic (exact) mass is 299 g/mol. The van der Waals surface area contributed by atoms with Crippen molar-refractivity contribution in [2.45, 2.75) is 12.6 Å². The van der Waals surface area contributed by atoms with Crippen LogP contribution >= 0.6 is 11.3 Å². The Kier molecular flexibility index (Phi) is 6.17. The van der Waals surface area contributed by atoms with Gasteiger partial charge >= 0.3 is 18.9 Å². The van der Waals surface area contributed by atoms with Crippen molar-refractivity contribution in [2.75, 3.05) is 26.0 Å². The van der Waals surface area contributed by atoms with Gasteiger partial charge in [-0.3, -0.25) is 4.90 Å². The summed E-state index contributed by atoms with van der Waals surface area (Å²) in [6, 6.07) is 0. The van der Waals surface area contributed by atoms with E-state index < -0.39 is 10.1 Å². The van der Waals surface area contributed by atoms with Gasteiger partial charge in [-0.2, -0.15) is 0 Å². The second kappa shape index (κ2) is 6.97. The van der Waals surface area contributed by atoms with E-state index in [4.69, 9.17) is 9.47 Å². The molecule has 0 radical (unpaired) electrons. The molecular formula is C10H14LiNO5S2. The van der Waals surface area contributed by atoms with Crippen molar-refractivity contribution in [2.24, 2.45) is 0 Å². The minimum absolute atomic E-state index is 0. The van der Waals surface area contributed by atoms with Crippen molar-refractivity contribution in [1.29, 1.82) is 0 Å². The van der Waals surface area contributed by atoms with Crippen LogP contribution in [0.3, 0.4) is 0 Å². The summed E-state index contributed by atoms with van der Waals surface area (Å²) >= 11 is 1.50. The van der Waals surface area contributed by atoms with Crippen molar-refractivity contribution >= 4 is 21.5 Å². The molecule has 1 atom stereocenters. The number of ether oxygens (including phenoxy) is 2.